The van der Waals surface area contributed by atoms with Crippen LogP contribution >= 0.6 is 27.3 Å². The van der Waals surface area contributed by atoms with Crippen molar-refractivity contribution in [1.82, 2.24) is 4.98 Å². The van der Waals surface area contributed by atoms with Crippen LogP contribution in [0.5, 0.6) is 5.75 Å². The van der Waals surface area contributed by atoms with Gasteiger partial charge in [0.05, 0.1) is 12.0 Å². The molecule has 112 valence electrons. The number of anilines is 1. The first kappa shape index (κ1) is 15.7. The SMILES string of the molecule is COc1ccc(Br)cc1S(=O)(=O)Nc1ncc([N+](=O)[O-])s1. The Kier molecular flexibility index (Phi) is 4.44. The summed E-state index contributed by atoms with van der Waals surface area (Å²) in [4.78, 5) is 13.5. The minimum atomic E-state index is -3.97. The van der Waals surface area contributed by atoms with Crippen molar-refractivity contribution in [3.8, 4) is 5.75 Å². The molecule has 11 heteroatoms. The van der Waals surface area contributed by atoms with Crippen molar-refractivity contribution in [1.29, 1.82) is 0 Å². The van der Waals surface area contributed by atoms with E-state index in [0.29, 0.717) is 15.8 Å². The zero-order chi connectivity index (χ0) is 15.6. The van der Waals surface area contributed by atoms with E-state index in [2.05, 4.69) is 25.6 Å². The molecule has 0 bridgehead atoms. The average molecular weight is 394 g/mol. The van der Waals surface area contributed by atoms with Gasteiger partial charge in [0.15, 0.2) is 0 Å². The fourth-order valence-electron chi connectivity index (χ4n) is 1.43. The van der Waals surface area contributed by atoms with Gasteiger partial charge in [-0.1, -0.05) is 15.9 Å². The van der Waals surface area contributed by atoms with E-state index in [0.717, 1.165) is 6.20 Å². The van der Waals surface area contributed by atoms with E-state index in [1.165, 1.54) is 19.2 Å². The van der Waals surface area contributed by atoms with Gasteiger partial charge in [0, 0.05) is 4.47 Å². The van der Waals surface area contributed by atoms with Gasteiger partial charge in [0.25, 0.3) is 10.0 Å². The first-order valence-electron chi connectivity index (χ1n) is 5.30. The molecule has 1 heterocycles. The Labute approximate surface area is 132 Å². The quantitative estimate of drug-likeness (QED) is 0.617. The lowest BCUT2D eigenvalue weighted by atomic mass is 10.3. The molecule has 0 aliphatic heterocycles. The molecule has 2 rings (SSSR count). The summed E-state index contributed by atoms with van der Waals surface area (Å²) in [7, 11) is -2.63. The van der Waals surface area contributed by atoms with Gasteiger partial charge in [0.1, 0.15) is 16.8 Å². The van der Waals surface area contributed by atoms with Crippen LogP contribution in [0.4, 0.5) is 10.1 Å². The third kappa shape index (κ3) is 3.49. The Balaban J connectivity index is 2.38. The van der Waals surface area contributed by atoms with Crippen molar-refractivity contribution < 1.29 is 18.1 Å². The summed E-state index contributed by atoms with van der Waals surface area (Å²) in [6, 6.07) is 4.48. The summed E-state index contributed by atoms with van der Waals surface area (Å²) >= 11 is 3.80. The lowest BCUT2D eigenvalue weighted by molar-refractivity contribution is -0.380. The zero-order valence-electron chi connectivity index (χ0n) is 10.4. The normalized spacial score (nSPS) is 11.1. The number of nitrogens with one attached hydrogen (secondary N) is 1. The molecule has 21 heavy (non-hydrogen) atoms. The molecule has 1 aromatic carbocycles. The van der Waals surface area contributed by atoms with Gasteiger partial charge in [0.2, 0.25) is 5.13 Å². The molecule has 0 spiro atoms. The Morgan fingerprint density at radius 3 is 2.76 bits per heavy atom. The summed E-state index contributed by atoms with van der Waals surface area (Å²) in [5.74, 6) is 0.150. The predicted molar refractivity (Wildman–Crippen MR) is 80.3 cm³/mol. The number of methoxy groups -OCH3 is 1. The molecular formula is C10H8BrN3O5S2. The molecule has 1 aromatic heterocycles. The van der Waals surface area contributed by atoms with Crippen molar-refractivity contribution >= 4 is 47.4 Å². The van der Waals surface area contributed by atoms with Gasteiger partial charge in [-0.15, -0.1) is 0 Å². The number of nitro groups is 1. The zero-order valence-corrected chi connectivity index (χ0v) is 13.7. The third-order valence-corrected chi connectivity index (χ3v) is 5.16. The monoisotopic (exact) mass is 393 g/mol. The van der Waals surface area contributed by atoms with Crippen molar-refractivity contribution in [3.63, 3.8) is 0 Å². The molecule has 1 N–H and O–H groups in total. The highest BCUT2D eigenvalue weighted by Gasteiger charge is 2.22. The number of sulfonamides is 1. The molecule has 0 saturated carbocycles. The van der Waals surface area contributed by atoms with E-state index < -0.39 is 14.9 Å². The number of ether oxygens (including phenoxy) is 1. The maximum atomic E-state index is 12.3. The molecule has 0 atom stereocenters. The molecule has 0 fully saturated rings. The first-order chi connectivity index (χ1) is 9.83. The lowest BCUT2D eigenvalue weighted by Gasteiger charge is -2.10. The van der Waals surface area contributed by atoms with Crippen LogP contribution in [0, 0.1) is 10.1 Å². The number of rotatable bonds is 5. The van der Waals surface area contributed by atoms with Crippen LogP contribution in [0.1, 0.15) is 0 Å². The van der Waals surface area contributed by atoms with E-state index in [1.807, 2.05) is 0 Å². The highest BCUT2D eigenvalue weighted by molar-refractivity contribution is 9.10. The fourth-order valence-corrected chi connectivity index (χ4v) is 4.01. The van der Waals surface area contributed by atoms with E-state index in [-0.39, 0.29) is 20.8 Å². The largest absolute Gasteiger partial charge is 0.495 e. The number of benzene rings is 1. The van der Waals surface area contributed by atoms with E-state index in [9.17, 15) is 18.5 Å². The Bertz CT molecular complexity index is 790. The van der Waals surface area contributed by atoms with Crippen molar-refractivity contribution in [2.45, 2.75) is 4.90 Å². The average Bonchev–Trinajstić information content (AvgIpc) is 2.86. The summed E-state index contributed by atoms with van der Waals surface area (Å²) in [5, 5.41) is 10.2. The topological polar surface area (TPSA) is 111 Å². The molecule has 0 aliphatic carbocycles. The van der Waals surface area contributed by atoms with Crippen LogP contribution in [0.15, 0.2) is 33.8 Å². The lowest BCUT2D eigenvalue weighted by Crippen LogP contribution is -2.13. The van der Waals surface area contributed by atoms with E-state index in [4.69, 9.17) is 4.74 Å². The summed E-state index contributed by atoms with van der Waals surface area (Å²) in [6.45, 7) is 0. The van der Waals surface area contributed by atoms with Crippen molar-refractivity contribution in [2.24, 2.45) is 0 Å². The predicted octanol–water partition coefficient (Wildman–Crippen LogP) is 2.62. The van der Waals surface area contributed by atoms with Crippen molar-refractivity contribution in [2.75, 3.05) is 11.8 Å². The molecule has 0 saturated heterocycles. The molecule has 8 nitrogen and oxygen atoms in total. The Morgan fingerprint density at radius 2 is 2.19 bits per heavy atom. The van der Waals surface area contributed by atoms with Gasteiger partial charge in [-0.05, 0) is 29.5 Å². The fraction of sp³-hybridized carbons (Fsp3) is 0.100. The third-order valence-electron chi connectivity index (χ3n) is 2.31. The molecule has 0 radical (unpaired) electrons. The molecule has 0 unspecified atom stereocenters. The highest BCUT2D eigenvalue weighted by Crippen LogP contribution is 2.31. The molecule has 0 aliphatic rings. The van der Waals surface area contributed by atoms with Crippen LogP contribution in [-0.2, 0) is 10.0 Å². The van der Waals surface area contributed by atoms with Crippen LogP contribution < -0.4 is 9.46 Å². The van der Waals surface area contributed by atoms with Gasteiger partial charge in [-0.3, -0.25) is 14.8 Å². The summed E-state index contributed by atoms with van der Waals surface area (Å²) in [5.41, 5.74) is 0. The van der Waals surface area contributed by atoms with Gasteiger partial charge in [-0.25, -0.2) is 13.4 Å². The Hall–Kier alpha value is -1.72. The summed E-state index contributed by atoms with van der Waals surface area (Å²) in [6.07, 6.45) is 0.987. The Morgan fingerprint density at radius 1 is 1.48 bits per heavy atom. The highest BCUT2D eigenvalue weighted by atomic mass is 79.9. The molecule has 2 aromatic rings. The second kappa shape index (κ2) is 5.95. The van der Waals surface area contributed by atoms with Crippen molar-refractivity contribution in [3.05, 3.63) is 39.0 Å². The minimum absolute atomic E-state index is 0.0938. The van der Waals surface area contributed by atoms with E-state index >= 15 is 0 Å². The van der Waals surface area contributed by atoms with Crippen LogP contribution in [0.25, 0.3) is 0 Å². The van der Waals surface area contributed by atoms with Gasteiger partial charge >= 0.3 is 5.00 Å². The van der Waals surface area contributed by atoms with E-state index in [1.54, 1.807) is 6.07 Å². The minimum Gasteiger partial charge on any atom is -0.495 e. The second-order valence-corrected chi connectivity index (χ2v) is 7.24. The van der Waals surface area contributed by atoms with Gasteiger partial charge < -0.3 is 4.74 Å². The number of aromatic nitrogens is 1. The molecular weight excluding hydrogens is 386 g/mol. The number of thiazole rings is 1. The number of halogens is 1. The number of hydrogen-bond donors (Lipinski definition) is 1. The maximum Gasteiger partial charge on any atom is 0.345 e. The van der Waals surface area contributed by atoms with Crippen LogP contribution in [-0.4, -0.2) is 25.4 Å². The van der Waals surface area contributed by atoms with Crippen LogP contribution in [0.3, 0.4) is 0 Å². The summed E-state index contributed by atoms with van der Waals surface area (Å²) < 4.78 is 32.3. The molecule has 0 amide bonds. The smallest absolute Gasteiger partial charge is 0.345 e. The van der Waals surface area contributed by atoms with Crippen LogP contribution in [0.2, 0.25) is 0 Å². The maximum absolute atomic E-state index is 12.3. The standard InChI is InChI=1S/C10H8BrN3O5S2/c1-19-7-3-2-6(11)4-8(7)21(17,18)13-10-12-5-9(20-10)14(15)16/h2-5H,1H3,(H,12,13). The van der Waals surface area contributed by atoms with Gasteiger partial charge in [-0.2, -0.15) is 0 Å². The first-order valence-corrected chi connectivity index (χ1v) is 8.39. The number of nitrogens with zero attached hydrogens (tertiary/aromatic N) is 2. The second-order valence-electron chi connectivity index (χ2n) is 3.66. The number of hydrogen-bond acceptors (Lipinski definition) is 7.